The smallest absolute Gasteiger partial charge is 0.353 e. The minimum atomic E-state index is -0.807. The van der Waals surface area contributed by atoms with Gasteiger partial charge in [-0.15, -0.1) is 11.3 Å². The van der Waals surface area contributed by atoms with E-state index in [2.05, 4.69) is 18.8 Å². The lowest BCUT2D eigenvalue weighted by atomic mass is 9.82. The standard InChI is InChI=1S/C32H46N2O7S/c1-8-25(29(36)33-15-17-39-18-16-33)34(28(35)23-11-9-22(4)10-12-23)26-19-24(13-14-32(5,6)7)42-27(26)31(38)41-20-40-30(37)21(2)3/h19,21-23,25H,8-12,15-18,20H2,1-7H3/t22-,23-,25-/m0/s1. The van der Waals surface area contributed by atoms with E-state index in [9.17, 15) is 19.2 Å². The molecule has 1 aromatic rings. The van der Waals surface area contributed by atoms with Crippen LogP contribution >= 0.6 is 11.3 Å². The summed E-state index contributed by atoms with van der Waals surface area (Å²) in [6.07, 6.45) is 3.68. The number of ether oxygens (including phenoxy) is 3. The van der Waals surface area contributed by atoms with Gasteiger partial charge < -0.3 is 19.1 Å². The van der Waals surface area contributed by atoms with Gasteiger partial charge in [-0.3, -0.25) is 19.3 Å². The molecule has 0 radical (unpaired) electrons. The molecule has 1 aliphatic heterocycles. The zero-order valence-corrected chi connectivity index (χ0v) is 26.9. The molecule has 10 heteroatoms. The number of hydrogen-bond donors (Lipinski definition) is 0. The number of carbonyl (C=O) groups excluding carboxylic acids is 4. The molecule has 0 unspecified atom stereocenters. The van der Waals surface area contributed by atoms with Crippen LogP contribution in [-0.4, -0.2) is 67.8 Å². The first-order valence-electron chi connectivity index (χ1n) is 15.0. The fraction of sp³-hybridized carbons (Fsp3) is 0.688. The molecule has 1 atom stereocenters. The summed E-state index contributed by atoms with van der Waals surface area (Å²) in [5.74, 6) is 4.69. The van der Waals surface area contributed by atoms with E-state index < -0.39 is 24.8 Å². The third kappa shape index (κ3) is 9.05. The molecule has 2 heterocycles. The van der Waals surface area contributed by atoms with Crippen molar-refractivity contribution in [2.75, 3.05) is 38.0 Å². The SMILES string of the molecule is CC[C@@H](C(=O)N1CCOCC1)N(c1cc(C#CC(C)(C)C)sc1C(=O)OCOC(=O)C(C)C)C(=O)[C@H]1CC[C@H](C)CC1. The van der Waals surface area contributed by atoms with E-state index in [-0.39, 0.29) is 33.9 Å². The number of rotatable bonds is 9. The molecule has 232 valence electrons. The van der Waals surface area contributed by atoms with Gasteiger partial charge in [-0.1, -0.05) is 39.5 Å². The first-order valence-corrected chi connectivity index (χ1v) is 15.8. The Bertz CT molecular complexity index is 1180. The van der Waals surface area contributed by atoms with E-state index in [0.29, 0.717) is 49.2 Å². The lowest BCUT2D eigenvalue weighted by Crippen LogP contribution is -2.55. The summed E-state index contributed by atoms with van der Waals surface area (Å²) in [5, 5.41) is 0. The molecular formula is C32H46N2O7S. The van der Waals surface area contributed by atoms with Crippen molar-refractivity contribution in [3.63, 3.8) is 0 Å². The van der Waals surface area contributed by atoms with Crippen LogP contribution in [0, 0.1) is 35.0 Å². The van der Waals surface area contributed by atoms with Gasteiger partial charge in [-0.05, 0) is 64.9 Å². The molecule has 3 rings (SSSR count). The summed E-state index contributed by atoms with van der Waals surface area (Å²) in [6, 6.07) is 0.914. The molecular weight excluding hydrogens is 556 g/mol. The van der Waals surface area contributed by atoms with Crippen LogP contribution in [0.1, 0.15) is 95.1 Å². The fourth-order valence-electron chi connectivity index (χ4n) is 5.00. The Hall–Kier alpha value is -2.90. The van der Waals surface area contributed by atoms with Gasteiger partial charge in [0, 0.05) is 24.4 Å². The van der Waals surface area contributed by atoms with Gasteiger partial charge in [-0.25, -0.2) is 4.79 Å². The predicted octanol–water partition coefficient (Wildman–Crippen LogP) is 5.26. The molecule has 0 bridgehead atoms. The zero-order valence-electron chi connectivity index (χ0n) is 26.1. The molecule has 42 heavy (non-hydrogen) atoms. The lowest BCUT2D eigenvalue weighted by molar-refractivity contribution is -0.155. The summed E-state index contributed by atoms with van der Waals surface area (Å²) in [4.78, 5) is 57.7. The van der Waals surface area contributed by atoms with Crippen LogP contribution in [0.3, 0.4) is 0 Å². The van der Waals surface area contributed by atoms with Gasteiger partial charge in [0.25, 0.3) is 0 Å². The second-order valence-corrected chi connectivity index (χ2v) is 13.6. The van der Waals surface area contributed by atoms with Crippen LogP contribution in [0.15, 0.2) is 6.07 Å². The summed E-state index contributed by atoms with van der Waals surface area (Å²) in [5.41, 5.74) is 0.0260. The van der Waals surface area contributed by atoms with Crippen LogP contribution < -0.4 is 4.90 Å². The zero-order chi connectivity index (χ0) is 31.0. The molecule has 1 saturated heterocycles. The average molecular weight is 603 g/mol. The number of anilines is 1. The summed E-state index contributed by atoms with van der Waals surface area (Å²) in [7, 11) is 0. The van der Waals surface area contributed by atoms with Gasteiger partial charge >= 0.3 is 11.9 Å². The molecule has 2 aliphatic rings. The van der Waals surface area contributed by atoms with E-state index in [0.717, 1.165) is 37.0 Å². The van der Waals surface area contributed by atoms with Crippen molar-refractivity contribution in [1.29, 1.82) is 0 Å². The van der Waals surface area contributed by atoms with Crippen molar-refractivity contribution in [2.45, 2.75) is 86.6 Å². The van der Waals surface area contributed by atoms with Crippen LogP contribution in [-0.2, 0) is 28.6 Å². The van der Waals surface area contributed by atoms with Crippen molar-refractivity contribution in [3.05, 3.63) is 15.8 Å². The highest BCUT2D eigenvalue weighted by Gasteiger charge is 2.40. The highest BCUT2D eigenvalue weighted by Crippen LogP contribution is 2.37. The second kappa shape index (κ2) is 15.0. The van der Waals surface area contributed by atoms with Crippen molar-refractivity contribution in [3.8, 4) is 11.8 Å². The Morgan fingerprint density at radius 3 is 2.31 bits per heavy atom. The average Bonchev–Trinajstić information content (AvgIpc) is 3.38. The Morgan fingerprint density at radius 1 is 1.10 bits per heavy atom. The Kier molecular flexibility index (Phi) is 12.0. The number of nitrogens with zero attached hydrogens (tertiary/aromatic N) is 2. The lowest BCUT2D eigenvalue weighted by Gasteiger charge is -2.38. The van der Waals surface area contributed by atoms with Gasteiger partial charge in [0.05, 0.1) is 29.7 Å². The molecule has 9 nitrogen and oxygen atoms in total. The highest BCUT2D eigenvalue weighted by atomic mass is 32.1. The monoisotopic (exact) mass is 602 g/mol. The number of amides is 2. The van der Waals surface area contributed by atoms with Crippen molar-refractivity contribution < 1.29 is 33.4 Å². The van der Waals surface area contributed by atoms with Gasteiger partial charge in [0.1, 0.15) is 10.9 Å². The number of thiophene rings is 1. The van der Waals surface area contributed by atoms with E-state index in [1.165, 1.54) is 4.90 Å². The third-order valence-electron chi connectivity index (χ3n) is 7.49. The van der Waals surface area contributed by atoms with E-state index in [4.69, 9.17) is 14.2 Å². The molecule has 0 spiro atoms. The molecule has 0 N–H and O–H groups in total. The second-order valence-electron chi connectivity index (χ2n) is 12.5. The molecule has 0 aromatic carbocycles. The maximum Gasteiger partial charge on any atom is 0.353 e. The van der Waals surface area contributed by atoms with Crippen molar-refractivity contribution >= 4 is 40.8 Å². The molecule has 2 amide bonds. The summed E-state index contributed by atoms with van der Waals surface area (Å²) in [6.45, 7) is 14.6. The maximum atomic E-state index is 14.4. The van der Waals surface area contributed by atoms with Crippen LogP contribution in [0.2, 0.25) is 0 Å². The molecule has 1 aliphatic carbocycles. The van der Waals surface area contributed by atoms with Crippen LogP contribution in [0.4, 0.5) is 5.69 Å². The van der Waals surface area contributed by atoms with Gasteiger partial charge in [-0.2, -0.15) is 0 Å². The Balaban J connectivity index is 2.07. The normalized spacial score (nSPS) is 19.9. The maximum absolute atomic E-state index is 14.4. The molecule has 1 saturated carbocycles. The summed E-state index contributed by atoms with van der Waals surface area (Å²) < 4.78 is 15.9. The predicted molar refractivity (Wildman–Crippen MR) is 162 cm³/mol. The highest BCUT2D eigenvalue weighted by molar-refractivity contribution is 7.15. The fourth-order valence-corrected chi connectivity index (χ4v) is 5.89. The first kappa shape index (κ1) is 33.6. The topological polar surface area (TPSA) is 102 Å². The van der Waals surface area contributed by atoms with E-state index in [1.54, 1.807) is 24.8 Å². The number of hydrogen-bond acceptors (Lipinski definition) is 8. The van der Waals surface area contributed by atoms with Crippen molar-refractivity contribution in [1.82, 2.24) is 4.90 Å². The van der Waals surface area contributed by atoms with Gasteiger partial charge in [0.15, 0.2) is 0 Å². The minimum Gasteiger partial charge on any atom is -0.428 e. The third-order valence-corrected chi connectivity index (χ3v) is 8.51. The number of morpholine rings is 1. The van der Waals surface area contributed by atoms with E-state index in [1.807, 2.05) is 27.7 Å². The Morgan fingerprint density at radius 2 is 1.74 bits per heavy atom. The first-order chi connectivity index (χ1) is 19.8. The quantitative estimate of drug-likeness (QED) is 0.216. The molecule has 2 fully saturated rings. The van der Waals surface area contributed by atoms with Gasteiger partial charge in [0.2, 0.25) is 18.6 Å². The van der Waals surface area contributed by atoms with Crippen molar-refractivity contribution in [2.24, 2.45) is 23.2 Å². The Labute approximate surface area is 254 Å². The van der Waals surface area contributed by atoms with Crippen LogP contribution in [0.25, 0.3) is 0 Å². The summed E-state index contributed by atoms with van der Waals surface area (Å²) >= 11 is 1.11. The number of carbonyl (C=O) groups is 4. The molecule has 1 aromatic heterocycles. The minimum absolute atomic E-state index is 0.152. The van der Waals surface area contributed by atoms with Crippen LogP contribution in [0.5, 0.6) is 0 Å². The number of esters is 2. The largest absolute Gasteiger partial charge is 0.428 e. The van der Waals surface area contributed by atoms with E-state index >= 15 is 0 Å².